The van der Waals surface area contributed by atoms with Crippen molar-refractivity contribution in [1.82, 2.24) is 9.03 Å². The summed E-state index contributed by atoms with van der Waals surface area (Å²) in [6.07, 6.45) is 1.24. The summed E-state index contributed by atoms with van der Waals surface area (Å²) in [7, 11) is -3.69. The van der Waals surface area contributed by atoms with Gasteiger partial charge in [-0.1, -0.05) is 13.8 Å². The molecular weight excluding hydrogens is 232 g/mol. The lowest BCUT2D eigenvalue weighted by atomic mass is 10.2. The molecule has 0 aromatic rings. The van der Waals surface area contributed by atoms with Crippen LogP contribution in [0.15, 0.2) is 0 Å². The first-order valence-corrected chi connectivity index (χ1v) is 6.77. The van der Waals surface area contributed by atoms with Crippen LogP contribution in [0.3, 0.4) is 0 Å². The summed E-state index contributed by atoms with van der Waals surface area (Å²) in [6, 6.07) is -0.328. The molecule has 0 radical (unpaired) electrons. The predicted molar refractivity (Wildman–Crippen MR) is 61.3 cm³/mol. The van der Waals surface area contributed by atoms with Crippen molar-refractivity contribution in [1.29, 1.82) is 0 Å². The molecule has 2 N–H and O–H groups in total. The predicted octanol–water partition coefficient (Wildman–Crippen LogP) is 0.416. The largest absolute Gasteiger partial charge is 0.480 e. The van der Waals surface area contributed by atoms with Gasteiger partial charge in [0.2, 0.25) is 0 Å². The van der Waals surface area contributed by atoms with Gasteiger partial charge in [-0.15, -0.1) is 0 Å². The second-order valence-corrected chi connectivity index (χ2v) is 5.30. The molecule has 0 bridgehead atoms. The smallest absolute Gasteiger partial charge is 0.318 e. The van der Waals surface area contributed by atoms with Gasteiger partial charge in [0.15, 0.2) is 0 Å². The maximum atomic E-state index is 11.8. The average Bonchev–Trinajstić information content (AvgIpc) is 2.21. The molecule has 0 aliphatic rings. The standard InChI is InChI=1S/C9H20N2O4S/c1-4-6-10-16(14,15)11(7-9(12)13)8(3)5-2/h8,10H,4-7H2,1-3H3,(H,12,13). The van der Waals surface area contributed by atoms with E-state index in [1.54, 1.807) is 6.92 Å². The maximum Gasteiger partial charge on any atom is 0.318 e. The van der Waals surface area contributed by atoms with Crippen LogP contribution in [0.25, 0.3) is 0 Å². The van der Waals surface area contributed by atoms with Crippen LogP contribution in [0, 0.1) is 0 Å². The molecule has 0 aliphatic heterocycles. The normalized spacial score (nSPS) is 14.0. The molecule has 0 spiro atoms. The number of aliphatic carboxylic acids is 1. The number of carbonyl (C=O) groups is 1. The Morgan fingerprint density at radius 2 is 2.00 bits per heavy atom. The molecule has 0 amide bonds. The first kappa shape index (κ1) is 15.3. The SMILES string of the molecule is CCCNS(=O)(=O)N(CC(=O)O)C(C)CC. The molecule has 7 heteroatoms. The monoisotopic (exact) mass is 252 g/mol. The lowest BCUT2D eigenvalue weighted by molar-refractivity contribution is -0.137. The molecular formula is C9H20N2O4S. The van der Waals surface area contributed by atoms with Crippen molar-refractivity contribution in [2.45, 2.75) is 39.7 Å². The molecule has 16 heavy (non-hydrogen) atoms. The third kappa shape index (κ3) is 4.91. The van der Waals surface area contributed by atoms with E-state index in [0.29, 0.717) is 19.4 Å². The van der Waals surface area contributed by atoms with Gasteiger partial charge in [-0.3, -0.25) is 4.79 Å². The summed E-state index contributed by atoms with van der Waals surface area (Å²) in [5.41, 5.74) is 0. The molecule has 0 fully saturated rings. The highest BCUT2D eigenvalue weighted by molar-refractivity contribution is 7.87. The van der Waals surface area contributed by atoms with Gasteiger partial charge in [0.1, 0.15) is 6.54 Å². The summed E-state index contributed by atoms with van der Waals surface area (Å²) in [4.78, 5) is 10.6. The number of carboxylic acid groups (broad SMARTS) is 1. The quantitative estimate of drug-likeness (QED) is 0.655. The molecule has 0 heterocycles. The summed E-state index contributed by atoms with van der Waals surface area (Å²) in [6.45, 7) is 5.15. The molecule has 96 valence electrons. The Morgan fingerprint density at radius 1 is 1.44 bits per heavy atom. The zero-order valence-electron chi connectivity index (χ0n) is 9.93. The van der Waals surface area contributed by atoms with E-state index in [1.807, 2.05) is 13.8 Å². The van der Waals surface area contributed by atoms with Crippen molar-refractivity contribution in [2.75, 3.05) is 13.1 Å². The molecule has 1 atom stereocenters. The fraction of sp³-hybridized carbons (Fsp3) is 0.889. The van der Waals surface area contributed by atoms with Crippen molar-refractivity contribution in [3.8, 4) is 0 Å². The van der Waals surface area contributed by atoms with Crippen LogP contribution in [0.5, 0.6) is 0 Å². The van der Waals surface area contributed by atoms with Gasteiger partial charge < -0.3 is 5.11 Å². The minimum Gasteiger partial charge on any atom is -0.480 e. The van der Waals surface area contributed by atoms with Crippen LogP contribution >= 0.6 is 0 Å². The Hall–Kier alpha value is -0.660. The van der Waals surface area contributed by atoms with Crippen LogP contribution in [0.1, 0.15) is 33.6 Å². The molecule has 0 saturated heterocycles. The highest BCUT2D eigenvalue weighted by Crippen LogP contribution is 2.08. The van der Waals surface area contributed by atoms with Gasteiger partial charge in [-0.05, 0) is 19.8 Å². The number of nitrogens with zero attached hydrogens (tertiary/aromatic N) is 1. The van der Waals surface area contributed by atoms with Crippen molar-refractivity contribution < 1.29 is 18.3 Å². The highest BCUT2D eigenvalue weighted by Gasteiger charge is 2.27. The molecule has 0 aromatic heterocycles. The topological polar surface area (TPSA) is 86.7 Å². The van der Waals surface area contributed by atoms with E-state index in [4.69, 9.17) is 5.11 Å². The third-order valence-electron chi connectivity index (χ3n) is 2.22. The number of nitrogens with one attached hydrogen (secondary N) is 1. The van der Waals surface area contributed by atoms with Gasteiger partial charge in [0, 0.05) is 12.6 Å². The van der Waals surface area contributed by atoms with E-state index in [2.05, 4.69) is 4.72 Å². The van der Waals surface area contributed by atoms with Crippen LogP contribution in [-0.2, 0) is 15.0 Å². The Kier molecular flexibility index (Phi) is 6.54. The molecule has 0 aliphatic carbocycles. The van der Waals surface area contributed by atoms with E-state index in [-0.39, 0.29) is 6.04 Å². The molecule has 0 rings (SSSR count). The van der Waals surface area contributed by atoms with Crippen molar-refractivity contribution in [3.63, 3.8) is 0 Å². The minimum atomic E-state index is -3.69. The summed E-state index contributed by atoms with van der Waals surface area (Å²) in [5.74, 6) is -1.15. The lowest BCUT2D eigenvalue weighted by Crippen LogP contribution is -2.47. The number of carboxylic acids is 1. The average molecular weight is 252 g/mol. The van der Waals surface area contributed by atoms with Gasteiger partial charge in [0.05, 0.1) is 0 Å². The van der Waals surface area contributed by atoms with Gasteiger partial charge >= 0.3 is 5.97 Å². The maximum absolute atomic E-state index is 11.8. The fourth-order valence-electron chi connectivity index (χ4n) is 1.13. The van der Waals surface area contributed by atoms with Crippen LogP contribution < -0.4 is 4.72 Å². The summed E-state index contributed by atoms with van der Waals surface area (Å²) in [5, 5.41) is 8.68. The Balaban J connectivity index is 4.79. The van der Waals surface area contributed by atoms with Gasteiger partial charge in [-0.2, -0.15) is 12.7 Å². The van der Waals surface area contributed by atoms with E-state index >= 15 is 0 Å². The number of hydrogen-bond acceptors (Lipinski definition) is 3. The van der Waals surface area contributed by atoms with Crippen molar-refractivity contribution in [3.05, 3.63) is 0 Å². The van der Waals surface area contributed by atoms with Crippen molar-refractivity contribution in [2.24, 2.45) is 0 Å². The fourth-order valence-corrected chi connectivity index (χ4v) is 2.66. The summed E-state index contributed by atoms with van der Waals surface area (Å²) >= 11 is 0. The van der Waals surface area contributed by atoms with E-state index in [9.17, 15) is 13.2 Å². The molecule has 1 unspecified atom stereocenters. The zero-order valence-corrected chi connectivity index (χ0v) is 10.7. The highest BCUT2D eigenvalue weighted by atomic mass is 32.2. The van der Waals surface area contributed by atoms with E-state index in [0.717, 1.165) is 4.31 Å². The minimum absolute atomic E-state index is 0.314. The first-order valence-electron chi connectivity index (χ1n) is 5.33. The van der Waals surface area contributed by atoms with Crippen LogP contribution in [0.2, 0.25) is 0 Å². The Morgan fingerprint density at radius 3 is 2.38 bits per heavy atom. The molecule has 0 aromatic carbocycles. The molecule has 6 nitrogen and oxygen atoms in total. The Labute approximate surface area is 96.8 Å². The summed E-state index contributed by atoms with van der Waals surface area (Å²) < 4.78 is 26.9. The second kappa shape index (κ2) is 6.82. The van der Waals surface area contributed by atoms with Crippen LogP contribution in [0.4, 0.5) is 0 Å². The van der Waals surface area contributed by atoms with Gasteiger partial charge in [-0.25, -0.2) is 4.72 Å². The van der Waals surface area contributed by atoms with Gasteiger partial charge in [0.25, 0.3) is 10.2 Å². The van der Waals surface area contributed by atoms with Crippen LogP contribution in [-0.4, -0.2) is 42.9 Å². The zero-order chi connectivity index (χ0) is 12.8. The Bertz CT molecular complexity index is 315. The first-order chi connectivity index (χ1) is 7.35. The molecule has 0 saturated carbocycles. The number of hydrogen-bond donors (Lipinski definition) is 2. The van der Waals surface area contributed by atoms with E-state index in [1.165, 1.54) is 0 Å². The third-order valence-corrected chi connectivity index (χ3v) is 3.89. The lowest BCUT2D eigenvalue weighted by Gasteiger charge is -2.25. The second-order valence-electron chi connectivity index (χ2n) is 3.60. The van der Waals surface area contributed by atoms with E-state index < -0.39 is 22.7 Å². The number of rotatable bonds is 8. The van der Waals surface area contributed by atoms with Crippen molar-refractivity contribution >= 4 is 16.2 Å².